The van der Waals surface area contributed by atoms with Gasteiger partial charge in [-0.2, -0.15) is 0 Å². The predicted octanol–water partition coefficient (Wildman–Crippen LogP) is 2.32. The summed E-state index contributed by atoms with van der Waals surface area (Å²) >= 11 is 5.02. The first-order chi connectivity index (χ1) is 5.27. The van der Waals surface area contributed by atoms with Crippen molar-refractivity contribution in [3.05, 3.63) is 36.6 Å². The van der Waals surface area contributed by atoms with Crippen LogP contribution in [-0.2, 0) is 0 Å². The Morgan fingerprint density at radius 2 is 2.00 bits per heavy atom. The van der Waals surface area contributed by atoms with Crippen LogP contribution in [0.1, 0.15) is 12.8 Å². The first kappa shape index (κ1) is 8.21. The lowest BCUT2D eigenvalue weighted by atomic mass is 10.0. The molecule has 0 radical (unpaired) electrons. The summed E-state index contributed by atoms with van der Waals surface area (Å²) in [5, 5.41) is 3.09. The van der Waals surface area contributed by atoms with Crippen molar-refractivity contribution in [1.82, 2.24) is 5.32 Å². The maximum absolute atomic E-state index is 5.02. The van der Waals surface area contributed by atoms with Crippen LogP contribution in [-0.4, -0.2) is 4.99 Å². The molecule has 0 aromatic heterocycles. The van der Waals surface area contributed by atoms with E-state index in [0.717, 1.165) is 23.5 Å². The van der Waals surface area contributed by atoms with Crippen LogP contribution in [0.4, 0.5) is 0 Å². The molecular formula is C9H11NS. The first-order valence-corrected chi connectivity index (χ1v) is 3.96. The minimum atomic E-state index is 0.894. The van der Waals surface area contributed by atoms with E-state index in [1.54, 1.807) is 6.08 Å². The van der Waals surface area contributed by atoms with Crippen molar-refractivity contribution in [3.63, 3.8) is 0 Å². The summed E-state index contributed by atoms with van der Waals surface area (Å²) in [5.74, 6) is 0. The normalized spacial score (nSPS) is 17.6. The molecule has 0 spiro atoms. The number of hydrogen-bond acceptors (Lipinski definition) is 1. The van der Waals surface area contributed by atoms with Gasteiger partial charge in [-0.1, -0.05) is 31.5 Å². The van der Waals surface area contributed by atoms with Crippen molar-refractivity contribution in [1.29, 1.82) is 0 Å². The fourth-order valence-corrected chi connectivity index (χ4v) is 1.28. The van der Waals surface area contributed by atoms with Crippen LogP contribution in [0.2, 0.25) is 0 Å². The van der Waals surface area contributed by atoms with Crippen molar-refractivity contribution >= 4 is 17.2 Å². The molecular weight excluding hydrogens is 154 g/mol. The average Bonchev–Trinajstić information content (AvgIpc) is 2.04. The van der Waals surface area contributed by atoms with Gasteiger partial charge in [0.25, 0.3) is 0 Å². The standard InChI is InChI=1S/C9H11NS/c1-3-7-5-6-9(11)10-8(7)4-2/h3-4H,1-2,5-6H2,(H,10,11). The zero-order valence-electron chi connectivity index (χ0n) is 6.39. The van der Waals surface area contributed by atoms with Crippen molar-refractivity contribution in [2.24, 2.45) is 0 Å². The van der Waals surface area contributed by atoms with Gasteiger partial charge < -0.3 is 5.32 Å². The summed E-state index contributed by atoms with van der Waals surface area (Å²) in [6, 6.07) is 0. The van der Waals surface area contributed by atoms with Gasteiger partial charge in [-0.3, -0.25) is 0 Å². The molecule has 1 nitrogen and oxygen atoms in total. The van der Waals surface area contributed by atoms with Crippen LogP contribution in [0.25, 0.3) is 0 Å². The van der Waals surface area contributed by atoms with Gasteiger partial charge in [0.1, 0.15) is 0 Å². The number of rotatable bonds is 2. The minimum absolute atomic E-state index is 0.894. The van der Waals surface area contributed by atoms with Gasteiger partial charge in [-0.15, -0.1) is 0 Å². The van der Waals surface area contributed by atoms with Crippen LogP contribution in [0.15, 0.2) is 36.6 Å². The molecule has 0 bridgehead atoms. The molecule has 1 N–H and O–H groups in total. The van der Waals surface area contributed by atoms with Crippen LogP contribution in [0.5, 0.6) is 0 Å². The van der Waals surface area contributed by atoms with Crippen LogP contribution in [0.3, 0.4) is 0 Å². The molecule has 0 amide bonds. The van der Waals surface area contributed by atoms with E-state index in [1.165, 1.54) is 5.57 Å². The van der Waals surface area contributed by atoms with Gasteiger partial charge in [0.2, 0.25) is 0 Å². The maximum Gasteiger partial charge on any atom is 0.0800 e. The van der Waals surface area contributed by atoms with E-state index in [9.17, 15) is 0 Å². The van der Waals surface area contributed by atoms with Crippen molar-refractivity contribution in [3.8, 4) is 0 Å². The Hall–Kier alpha value is -0.890. The topological polar surface area (TPSA) is 12.0 Å². The Labute approximate surface area is 72.5 Å². The van der Waals surface area contributed by atoms with Crippen molar-refractivity contribution < 1.29 is 0 Å². The summed E-state index contributed by atoms with van der Waals surface area (Å²) in [6.07, 6.45) is 5.54. The number of thiocarbonyl (C=S) groups is 1. The Morgan fingerprint density at radius 3 is 2.55 bits per heavy atom. The van der Waals surface area contributed by atoms with Gasteiger partial charge in [0, 0.05) is 12.1 Å². The Bertz CT molecular complexity index is 238. The molecule has 0 aliphatic carbocycles. The SMILES string of the molecule is C=CC1=C(C=C)NC(=S)CC1. The highest BCUT2D eigenvalue weighted by atomic mass is 32.1. The number of nitrogens with one attached hydrogen (secondary N) is 1. The molecule has 1 aliphatic rings. The van der Waals surface area contributed by atoms with Crippen LogP contribution in [0, 0.1) is 0 Å². The van der Waals surface area contributed by atoms with Gasteiger partial charge >= 0.3 is 0 Å². The summed E-state index contributed by atoms with van der Waals surface area (Å²) in [7, 11) is 0. The maximum atomic E-state index is 5.02. The third-order valence-corrected chi connectivity index (χ3v) is 2.00. The molecule has 0 fully saturated rings. The summed E-state index contributed by atoms with van der Waals surface area (Å²) in [5.41, 5.74) is 2.21. The van der Waals surface area contributed by atoms with Gasteiger partial charge in [-0.25, -0.2) is 0 Å². The highest BCUT2D eigenvalue weighted by molar-refractivity contribution is 7.80. The van der Waals surface area contributed by atoms with E-state index < -0.39 is 0 Å². The smallest absolute Gasteiger partial charge is 0.0800 e. The number of hydrogen-bond donors (Lipinski definition) is 1. The number of allylic oxidation sites excluding steroid dienone is 3. The third kappa shape index (κ3) is 1.77. The Morgan fingerprint density at radius 1 is 1.27 bits per heavy atom. The van der Waals surface area contributed by atoms with Crippen LogP contribution >= 0.6 is 12.2 Å². The quantitative estimate of drug-likeness (QED) is 0.630. The molecule has 11 heavy (non-hydrogen) atoms. The molecule has 1 rings (SSSR count). The molecule has 0 aromatic rings. The van der Waals surface area contributed by atoms with Crippen LogP contribution < -0.4 is 5.32 Å². The van der Waals surface area contributed by atoms with E-state index in [4.69, 9.17) is 12.2 Å². The molecule has 1 aliphatic heterocycles. The molecule has 0 unspecified atom stereocenters. The second kappa shape index (κ2) is 3.49. The molecule has 1 heterocycles. The molecule has 0 saturated carbocycles. The molecule has 0 atom stereocenters. The highest BCUT2D eigenvalue weighted by Gasteiger charge is 2.09. The van der Waals surface area contributed by atoms with E-state index >= 15 is 0 Å². The fraction of sp³-hybridized carbons (Fsp3) is 0.222. The van der Waals surface area contributed by atoms with Gasteiger partial charge in [0.15, 0.2) is 0 Å². The highest BCUT2D eigenvalue weighted by Crippen LogP contribution is 2.16. The van der Waals surface area contributed by atoms with E-state index in [0.29, 0.717) is 0 Å². The lowest BCUT2D eigenvalue weighted by molar-refractivity contribution is 0.931. The van der Waals surface area contributed by atoms with Crippen molar-refractivity contribution in [2.45, 2.75) is 12.8 Å². The van der Waals surface area contributed by atoms with E-state index in [-0.39, 0.29) is 0 Å². The fourth-order valence-electron chi connectivity index (χ4n) is 1.07. The van der Waals surface area contributed by atoms with Gasteiger partial charge in [-0.05, 0) is 18.1 Å². The zero-order valence-corrected chi connectivity index (χ0v) is 7.21. The summed E-state index contributed by atoms with van der Waals surface area (Å²) < 4.78 is 0. The van der Waals surface area contributed by atoms with E-state index in [2.05, 4.69) is 18.5 Å². The second-order valence-corrected chi connectivity index (χ2v) is 2.89. The summed E-state index contributed by atoms with van der Waals surface area (Å²) in [4.78, 5) is 0.894. The monoisotopic (exact) mass is 165 g/mol. The zero-order chi connectivity index (χ0) is 8.27. The Kier molecular flexibility index (Phi) is 2.60. The lowest BCUT2D eigenvalue weighted by Crippen LogP contribution is -2.24. The second-order valence-electron chi connectivity index (χ2n) is 2.40. The minimum Gasteiger partial charge on any atom is -0.350 e. The molecule has 0 saturated heterocycles. The third-order valence-electron chi connectivity index (χ3n) is 1.69. The lowest BCUT2D eigenvalue weighted by Gasteiger charge is -2.18. The molecule has 2 heteroatoms. The van der Waals surface area contributed by atoms with E-state index in [1.807, 2.05) is 6.08 Å². The molecule has 0 aromatic carbocycles. The van der Waals surface area contributed by atoms with Crippen molar-refractivity contribution in [2.75, 3.05) is 0 Å². The molecule has 58 valence electrons. The van der Waals surface area contributed by atoms with Gasteiger partial charge in [0.05, 0.1) is 4.99 Å². The largest absolute Gasteiger partial charge is 0.350 e. The predicted molar refractivity (Wildman–Crippen MR) is 52.4 cm³/mol. The average molecular weight is 165 g/mol. The Balaban J connectivity index is 2.91. The first-order valence-electron chi connectivity index (χ1n) is 3.56. The summed E-state index contributed by atoms with van der Waals surface area (Å²) in [6.45, 7) is 7.41.